The van der Waals surface area contributed by atoms with E-state index in [1.165, 1.54) is 12.1 Å². The maximum Gasteiger partial charge on any atom is 0.166 e. The molecule has 0 amide bonds. The van der Waals surface area contributed by atoms with Crippen LogP contribution < -0.4 is 0 Å². The highest BCUT2D eigenvalue weighted by molar-refractivity contribution is 5.83. The topological polar surface area (TPSA) is 0 Å². The van der Waals surface area contributed by atoms with Gasteiger partial charge in [-0.3, -0.25) is 0 Å². The summed E-state index contributed by atoms with van der Waals surface area (Å²) in [4.78, 5) is 0. The first-order chi connectivity index (χ1) is 9.52. The Hall–Kier alpha value is -2.10. The van der Waals surface area contributed by atoms with Crippen molar-refractivity contribution >= 4 is 11.7 Å². The highest BCUT2D eigenvalue weighted by Crippen LogP contribution is 2.29. The fourth-order valence-corrected chi connectivity index (χ4v) is 1.77. The lowest BCUT2D eigenvalue weighted by molar-refractivity contribution is 0.507. The summed E-state index contributed by atoms with van der Waals surface area (Å²) in [6.07, 6.45) is 0.789. The van der Waals surface area contributed by atoms with Gasteiger partial charge in [0.05, 0.1) is 0 Å². The smallest absolute Gasteiger partial charge is 0.166 e. The number of aryl methyl sites for hydroxylation is 1. The molecule has 4 heteroatoms. The average molecular weight is 280 g/mol. The SMILES string of the molecule is CCc1ccc(C(F)=C(F)c2ccc(F)c(F)c2)cc1. The molecule has 0 fully saturated rings. The summed E-state index contributed by atoms with van der Waals surface area (Å²) < 4.78 is 53.7. The van der Waals surface area contributed by atoms with Crippen molar-refractivity contribution in [3.05, 3.63) is 70.8 Å². The van der Waals surface area contributed by atoms with Gasteiger partial charge in [0.25, 0.3) is 0 Å². The molecular weight excluding hydrogens is 268 g/mol. The minimum absolute atomic E-state index is 0.0597. The van der Waals surface area contributed by atoms with Crippen molar-refractivity contribution in [2.24, 2.45) is 0 Å². The predicted octanol–water partition coefficient (Wildman–Crippen LogP) is 5.29. The highest BCUT2D eigenvalue weighted by Gasteiger charge is 2.13. The normalized spacial score (nSPS) is 12.2. The van der Waals surface area contributed by atoms with Gasteiger partial charge in [-0.2, -0.15) is 0 Å². The Morgan fingerprint density at radius 2 is 1.35 bits per heavy atom. The fourth-order valence-electron chi connectivity index (χ4n) is 1.77. The van der Waals surface area contributed by atoms with E-state index in [1.54, 1.807) is 12.1 Å². The Morgan fingerprint density at radius 1 is 0.800 bits per heavy atom. The summed E-state index contributed by atoms with van der Waals surface area (Å²) in [5.74, 6) is -4.63. The van der Waals surface area contributed by atoms with E-state index in [2.05, 4.69) is 0 Å². The van der Waals surface area contributed by atoms with Crippen LogP contribution in [0.5, 0.6) is 0 Å². The standard InChI is InChI=1S/C16H12F4/c1-2-10-3-5-11(6-4-10)15(19)16(20)12-7-8-13(17)14(18)9-12/h3-9H,2H2,1H3. The van der Waals surface area contributed by atoms with Crippen molar-refractivity contribution in [1.82, 2.24) is 0 Å². The molecule has 0 aromatic heterocycles. The number of hydrogen-bond acceptors (Lipinski definition) is 0. The van der Waals surface area contributed by atoms with Gasteiger partial charge in [0.1, 0.15) is 0 Å². The highest BCUT2D eigenvalue weighted by atomic mass is 19.2. The molecule has 2 aromatic carbocycles. The first-order valence-electron chi connectivity index (χ1n) is 6.13. The van der Waals surface area contributed by atoms with Crippen LogP contribution in [0.1, 0.15) is 23.6 Å². The summed E-state index contributed by atoms with van der Waals surface area (Å²) in [7, 11) is 0. The van der Waals surface area contributed by atoms with E-state index in [1.807, 2.05) is 6.92 Å². The number of rotatable bonds is 3. The van der Waals surface area contributed by atoms with Crippen molar-refractivity contribution in [2.45, 2.75) is 13.3 Å². The average Bonchev–Trinajstić information content (AvgIpc) is 2.48. The lowest BCUT2D eigenvalue weighted by Gasteiger charge is -2.04. The maximum absolute atomic E-state index is 14.0. The second kappa shape index (κ2) is 5.90. The lowest BCUT2D eigenvalue weighted by atomic mass is 10.1. The quantitative estimate of drug-likeness (QED) is 0.529. The largest absolute Gasteiger partial charge is 0.204 e. The van der Waals surface area contributed by atoms with Crippen LogP contribution in [0.15, 0.2) is 42.5 Å². The van der Waals surface area contributed by atoms with E-state index in [9.17, 15) is 17.6 Å². The van der Waals surface area contributed by atoms with Crippen molar-refractivity contribution in [3.8, 4) is 0 Å². The molecule has 0 nitrogen and oxygen atoms in total. The van der Waals surface area contributed by atoms with Crippen LogP contribution in [0.25, 0.3) is 11.7 Å². The summed E-state index contributed by atoms with van der Waals surface area (Å²) in [6, 6.07) is 8.66. The third kappa shape index (κ3) is 2.90. The summed E-state index contributed by atoms with van der Waals surface area (Å²) in [6.45, 7) is 1.95. The zero-order valence-electron chi connectivity index (χ0n) is 10.8. The van der Waals surface area contributed by atoms with Crippen molar-refractivity contribution < 1.29 is 17.6 Å². The number of benzene rings is 2. The van der Waals surface area contributed by atoms with Gasteiger partial charge in [-0.15, -0.1) is 0 Å². The molecule has 20 heavy (non-hydrogen) atoms. The van der Waals surface area contributed by atoms with Crippen molar-refractivity contribution in [1.29, 1.82) is 0 Å². The Morgan fingerprint density at radius 3 is 1.90 bits per heavy atom. The van der Waals surface area contributed by atoms with Gasteiger partial charge in [-0.05, 0) is 30.2 Å². The molecular formula is C16H12F4. The fraction of sp³-hybridized carbons (Fsp3) is 0.125. The first-order valence-corrected chi connectivity index (χ1v) is 6.13. The minimum atomic E-state index is -1.22. The first kappa shape index (κ1) is 14.3. The minimum Gasteiger partial charge on any atom is -0.204 e. The van der Waals surface area contributed by atoms with E-state index in [0.29, 0.717) is 6.07 Å². The maximum atomic E-state index is 14.0. The van der Waals surface area contributed by atoms with Crippen LogP contribution in [0.4, 0.5) is 17.6 Å². The van der Waals surface area contributed by atoms with Crippen LogP contribution in [-0.2, 0) is 6.42 Å². The van der Waals surface area contributed by atoms with E-state index in [0.717, 1.165) is 24.1 Å². The summed E-state index contributed by atoms with van der Waals surface area (Å²) >= 11 is 0. The zero-order valence-corrected chi connectivity index (χ0v) is 10.8. The Bertz CT molecular complexity index is 642. The van der Waals surface area contributed by atoms with Crippen LogP contribution in [0, 0.1) is 11.6 Å². The molecule has 2 aromatic rings. The third-order valence-electron chi connectivity index (χ3n) is 2.98. The predicted molar refractivity (Wildman–Crippen MR) is 71.2 cm³/mol. The van der Waals surface area contributed by atoms with Crippen LogP contribution in [0.2, 0.25) is 0 Å². The van der Waals surface area contributed by atoms with E-state index >= 15 is 0 Å². The molecule has 0 aliphatic heterocycles. The van der Waals surface area contributed by atoms with Gasteiger partial charge in [-0.25, -0.2) is 17.6 Å². The van der Waals surface area contributed by atoms with Gasteiger partial charge < -0.3 is 0 Å². The zero-order chi connectivity index (χ0) is 14.7. The van der Waals surface area contributed by atoms with Crippen LogP contribution >= 0.6 is 0 Å². The van der Waals surface area contributed by atoms with Crippen LogP contribution in [-0.4, -0.2) is 0 Å². The molecule has 104 valence electrons. The number of hydrogen-bond donors (Lipinski definition) is 0. The van der Waals surface area contributed by atoms with Gasteiger partial charge >= 0.3 is 0 Å². The molecule has 0 unspecified atom stereocenters. The van der Waals surface area contributed by atoms with Crippen molar-refractivity contribution in [3.63, 3.8) is 0 Å². The second-order valence-corrected chi connectivity index (χ2v) is 4.31. The van der Waals surface area contributed by atoms with Gasteiger partial charge in [-0.1, -0.05) is 31.2 Å². The third-order valence-corrected chi connectivity index (χ3v) is 2.98. The Kier molecular flexibility index (Phi) is 4.23. The van der Waals surface area contributed by atoms with E-state index < -0.39 is 23.3 Å². The summed E-state index contributed by atoms with van der Waals surface area (Å²) in [5.41, 5.74) is 0.722. The lowest BCUT2D eigenvalue weighted by Crippen LogP contribution is -1.89. The van der Waals surface area contributed by atoms with Gasteiger partial charge in [0.15, 0.2) is 23.3 Å². The van der Waals surface area contributed by atoms with E-state index in [4.69, 9.17) is 0 Å². The molecule has 0 radical (unpaired) electrons. The number of halogens is 4. The molecule has 0 spiro atoms. The monoisotopic (exact) mass is 280 g/mol. The van der Waals surface area contributed by atoms with Gasteiger partial charge in [0.2, 0.25) is 0 Å². The van der Waals surface area contributed by atoms with E-state index in [-0.39, 0.29) is 11.1 Å². The molecule has 0 aliphatic carbocycles. The molecule has 0 aliphatic rings. The molecule has 0 N–H and O–H groups in total. The van der Waals surface area contributed by atoms with Gasteiger partial charge in [0, 0.05) is 11.1 Å². The molecule has 0 atom stereocenters. The molecule has 0 heterocycles. The second-order valence-electron chi connectivity index (χ2n) is 4.31. The molecule has 0 bridgehead atoms. The van der Waals surface area contributed by atoms with Crippen molar-refractivity contribution in [2.75, 3.05) is 0 Å². The molecule has 0 saturated carbocycles. The Balaban J connectivity index is 2.40. The molecule has 0 saturated heterocycles. The summed E-state index contributed by atoms with van der Waals surface area (Å²) in [5, 5.41) is 0. The Labute approximate surface area is 114 Å². The molecule has 2 rings (SSSR count). The van der Waals surface area contributed by atoms with Crippen LogP contribution in [0.3, 0.4) is 0 Å².